The Bertz CT molecular complexity index is 494. The molecule has 0 unspecified atom stereocenters. The molecule has 3 nitrogen and oxygen atoms in total. The van der Waals surface area contributed by atoms with Crippen LogP contribution >= 0.6 is 0 Å². The second-order valence-corrected chi connectivity index (χ2v) is 3.44. The third-order valence-corrected chi connectivity index (χ3v) is 2.46. The molecule has 1 aromatic carbocycles. The number of hydrogen-bond donors (Lipinski definition) is 1. The van der Waals surface area contributed by atoms with E-state index >= 15 is 0 Å². The maximum Gasteiger partial charge on any atom is 0.145 e. The van der Waals surface area contributed by atoms with Crippen LogP contribution in [0.15, 0.2) is 24.3 Å². The van der Waals surface area contributed by atoms with Gasteiger partial charge in [0.15, 0.2) is 0 Å². The highest BCUT2D eigenvalue weighted by Gasteiger charge is 2.05. The Balaban J connectivity index is 2.76. The number of benzene rings is 1. The van der Waals surface area contributed by atoms with Crippen molar-refractivity contribution in [3.63, 3.8) is 0 Å². The van der Waals surface area contributed by atoms with E-state index in [1.54, 1.807) is 7.11 Å². The molecule has 0 atom stereocenters. The van der Waals surface area contributed by atoms with Crippen molar-refractivity contribution >= 4 is 16.7 Å². The van der Waals surface area contributed by atoms with Crippen molar-refractivity contribution in [2.24, 2.45) is 0 Å². The molecule has 0 saturated carbocycles. The van der Waals surface area contributed by atoms with Gasteiger partial charge >= 0.3 is 0 Å². The van der Waals surface area contributed by atoms with Gasteiger partial charge in [-0.3, -0.25) is 0 Å². The molecule has 2 rings (SSSR count). The topological polar surface area (TPSA) is 34.2 Å². The third-order valence-electron chi connectivity index (χ3n) is 2.46. The van der Waals surface area contributed by atoms with Crippen molar-refractivity contribution in [3.8, 4) is 5.75 Å². The van der Waals surface area contributed by atoms with Crippen molar-refractivity contribution in [1.82, 2.24) is 4.98 Å². The number of methoxy groups -OCH3 is 1. The van der Waals surface area contributed by atoms with Gasteiger partial charge in [-0.05, 0) is 24.6 Å². The lowest BCUT2D eigenvalue weighted by Gasteiger charge is -2.09. The number of aryl methyl sites for hydroxylation is 1. The molecular formula is C12H14N2O. The zero-order valence-corrected chi connectivity index (χ0v) is 9.16. The minimum absolute atomic E-state index is 0.809. The number of hydrogen-bond acceptors (Lipinski definition) is 3. The summed E-state index contributed by atoms with van der Waals surface area (Å²) in [5, 5.41) is 4.17. The molecule has 2 aromatic rings. The number of nitrogens with one attached hydrogen (secondary N) is 1. The first kappa shape index (κ1) is 9.77. The van der Waals surface area contributed by atoms with Crippen LogP contribution < -0.4 is 10.1 Å². The Hall–Kier alpha value is -1.77. The fourth-order valence-corrected chi connectivity index (χ4v) is 1.69. The van der Waals surface area contributed by atoms with Gasteiger partial charge in [-0.2, -0.15) is 0 Å². The van der Waals surface area contributed by atoms with Gasteiger partial charge in [-0.15, -0.1) is 0 Å². The monoisotopic (exact) mass is 202 g/mol. The summed E-state index contributed by atoms with van der Waals surface area (Å²) < 4.78 is 5.28. The zero-order valence-electron chi connectivity index (χ0n) is 9.16. The van der Waals surface area contributed by atoms with Gasteiger partial charge in [0.05, 0.1) is 7.11 Å². The molecule has 0 aliphatic heterocycles. The summed E-state index contributed by atoms with van der Waals surface area (Å²) in [6.07, 6.45) is 0. The third kappa shape index (κ3) is 1.61. The first-order chi connectivity index (χ1) is 7.26. The Morgan fingerprint density at radius 2 is 2.13 bits per heavy atom. The van der Waals surface area contributed by atoms with Gasteiger partial charge in [0.2, 0.25) is 0 Å². The van der Waals surface area contributed by atoms with E-state index in [0.29, 0.717) is 0 Å². The Morgan fingerprint density at radius 3 is 2.80 bits per heavy atom. The predicted molar refractivity (Wildman–Crippen MR) is 62.6 cm³/mol. The van der Waals surface area contributed by atoms with E-state index in [2.05, 4.69) is 16.4 Å². The molecule has 78 valence electrons. The number of nitrogens with zero attached hydrogens (tertiary/aromatic N) is 1. The van der Waals surface area contributed by atoms with Gasteiger partial charge < -0.3 is 10.1 Å². The standard InChI is InChI=1S/C12H14N2O/c1-8-7-9-5-4-6-10(15-3)11(9)14-12(8)13-2/h4-7H,1-3H3,(H,13,14). The summed E-state index contributed by atoms with van der Waals surface area (Å²) in [7, 11) is 3.53. The second-order valence-electron chi connectivity index (χ2n) is 3.44. The summed E-state index contributed by atoms with van der Waals surface area (Å²) >= 11 is 0. The lowest BCUT2D eigenvalue weighted by atomic mass is 10.1. The van der Waals surface area contributed by atoms with Gasteiger partial charge in [-0.25, -0.2) is 4.98 Å². The van der Waals surface area contributed by atoms with Crippen LogP contribution in [0.4, 0.5) is 5.82 Å². The minimum atomic E-state index is 0.809. The number of ether oxygens (including phenoxy) is 1. The van der Waals surface area contributed by atoms with Crippen LogP contribution in [0.25, 0.3) is 10.9 Å². The van der Waals surface area contributed by atoms with Crippen molar-refractivity contribution in [3.05, 3.63) is 29.8 Å². The van der Waals surface area contributed by atoms with E-state index in [1.165, 1.54) is 0 Å². The Kier molecular flexibility index (Phi) is 2.46. The van der Waals surface area contributed by atoms with Crippen LogP contribution in [-0.4, -0.2) is 19.1 Å². The molecule has 15 heavy (non-hydrogen) atoms. The highest BCUT2D eigenvalue weighted by molar-refractivity contribution is 5.86. The molecule has 1 N–H and O–H groups in total. The molecule has 0 aliphatic rings. The average molecular weight is 202 g/mol. The number of rotatable bonds is 2. The van der Waals surface area contributed by atoms with Crippen LogP contribution in [-0.2, 0) is 0 Å². The second kappa shape index (κ2) is 3.77. The van der Waals surface area contributed by atoms with Crippen LogP contribution in [0.2, 0.25) is 0 Å². The van der Waals surface area contributed by atoms with E-state index in [1.807, 2.05) is 32.2 Å². The molecule has 0 radical (unpaired) electrons. The zero-order chi connectivity index (χ0) is 10.8. The number of para-hydroxylation sites is 1. The van der Waals surface area contributed by atoms with E-state index in [4.69, 9.17) is 4.74 Å². The molecular weight excluding hydrogens is 188 g/mol. The van der Waals surface area contributed by atoms with Crippen molar-refractivity contribution < 1.29 is 4.74 Å². The summed E-state index contributed by atoms with van der Waals surface area (Å²) in [5.74, 6) is 1.70. The summed E-state index contributed by atoms with van der Waals surface area (Å²) in [6, 6.07) is 8.04. The van der Waals surface area contributed by atoms with E-state index in [0.717, 1.165) is 28.0 Å². The van der Waals surface area contributed by atoms with Crippen LogP contribution in [0.5, 0.6) is 5.75 Å². The van der Waals surface area contributed by atoms with Crippen molar-refractivity contribution in [2.75, 3.05) is 19.5 Å². The average Bonchev–Trinajstić information content (AvgIpc) is 2.27. The summed E-state index contributed by atoms with van der Waals surface area (Å²) in [4.78, 5) is 4.53. The maximum atomic E-state index is 5.28. The molecule has 0 amide bonds. The molecule has 3 heteroatoms. The lowest BCUT2D eigenvalue weighted by molar-refractivity contribution is 0.419. The summed E-state index contributed by atoms with van der Waals surface area (Å²) in [5.41, 5.74) is 2.04. The number of pyridine rings is 1. The molecule has 0 aliphatic carbocycles. The first-order valence-electron chi connectivity index (χ1n) is 4.88. The van der Waals surface area contributed by atoms with Gasteiger partial charge in [-0.1, -0.05) is 12.1 Å². The fraction of sp³-hybridized carbons (Fsp3) is 0.250. The molecule has 0 saturated heterocycles. The van der Waals surface area contributed by atoms with E-state index < -0.39 is 0 Å². The molecule has 0 spiro atoms. The molecule has 0 fully saturated rings. The van der Waals surface area contributed by atoms with Gasteiger partial charge in [0.1, 0.15) is 17.1 Å². The maximum absolute atomic E-state index is 5.28. The Labute approximate surface area is 89.1 Å². The van der Waals surface area contributed by atoms with Gasteiger partial charge in [0, 0.05) is 12.4 Å². The van der Waals surface area contributed by atoms with Crippen LogP contribution in [0.3, 0.4) is 0 Å². The number of fused-ring (bicyclic) bond motifs is 1. The highest BCUT2D eigenvalue weighted by Crippen LogP contribution is 2.26. The SMILES string of the molecule is CNc1nc2c(OC)cccc2cc1C. The highest BCUT2D eigenvalue weighted by atomic mass is 16.5. The summed E-state index contributed by atoms with van der Waals surface area (Å²) in [6.45, 7) is 2.04. The molecule has 1 heterocycles. The number of aromatic nitrogens is 1. The Morgan fingerprint density at radius 1 is 1.33 bits per heavy atom. The molecule has 1 aromatic heterocycles. The first-order valence-corrected chi connectivity index (χ1v) is 4.88. The van der Waals surface area contributed by atoms with E-state index in [-0.39, 0.29) is 0 Å². The molecule has 0 bridgehead atoms. The fourth-order valence-electron chi connectivity index (χ4n) is 1.69. The lowest BCUT2D eigenvalue weighted by Crippen LogP contribution is -1.97. The number of anilines is 1. The smallest absolute Gasteiger partial charge is 0.145 e. The van der Waals surface area contributed by atoms with Gasteiger partial charge in [0.25, 0.3) is 0 Å². The normalized spacial score (nSPS) is 10.3. The van der Waals surface area contributed by atoms with Crippen molar-refractivity contribution in [1.29, 1.82) is 0 Å². The quantitative estimate of drug-likeness (QED) is 0.812. The largest absolute Gasteiger partial charge is 0.494 e. The van der Waals surface area contributed by atoms with Crippen LogP contribution in [0.1, 0.15) is 5.56 Å². The van der Waals surface area contributed by atoms with Crippen molar-refractivity contribution in [2.45, 2.75) is 6.92 Å². The van der Waals surface area contributed by atoms with Crippen LogP contribution in [0, 0.1) is 6.92 Å². The predicted octanol–water partition coefficient (Wildman–Crippen LogP) is 2.59. The van der Waals surface area contributed by atoms with E-state index in [9.17, 15) is 0 Å². The minimum Gasteiger partial charge on any atom is -0.494 e.